The van der Waals surface area contributed by atoms with Crippen LogP contribution in [0.4, 0.5) is 5.69 Å². The second-order valence-electron chi connectivity index (χ2n) is 6.54. The SMILES string of the molecule is COc1ccc(CCNC(=O)/C(C#N)=C\Nc2cccc3ccccc23)cc1OC. The third kappa shape index (κ3) is 4.89. The molecule has 2 N–H and O–H groups in total. The summed E-state index contributed by atoms with van der Waals surface area (Å²) in [5.41, 5.74) is 1.83. The number of benzene rings is 3. The van der Waals surface area contributed by atoms with Crippen molar-refractivity contribution in [3.8, 4) is 17.6 Å². The van der Waals surface area contributed by atoms with Crippen LogP contribution in [0, 0.1) is 11.3 Å². The molecule has 3 aromatic carbocycles. The summed E-state index contributed by atoms with van der Waals surface area (Å²) in [6.07, 6.45) is 2.04. The summed E-state index contributed by atoms with van der Waals surface area (Å²) in [6.45, 7) is 0.390. The number of hydrogen-bond donors (Lipinski definition) is 2. The number of hydrogen-bond acceptors (Lipinski definition) is 5. The lowest BCUT2D eigenvalue weighted by molar-refractivity contribution is -0.117. The predicted octanol–water partition coefficient (Wildman–Crippen LogP) is 4.04. The summed E-state index contributed by atoms with van der Waals surface area (Å²) in [5, 5.41) is 17.3. The van der Waals surface area contributed by atoms with E-state index in [-0.39, 0.29) is 5.57 Å². The lowest BCUT2D eigenvalue weighted by atomic mass is 10.1. The highest BCUT2D eigenvalue weighted by Gasteiger charge is 2.10. The summed E-state index contributed by atoms with van der Waals surface area (Å²) in [7, 11) is 3.16. The maximum Gasteiger partial charge on any atom is 0.263 e. The van der Waals surface area contributed by atoms with Crippen molar-refractivity contribution in [2.45, 2.75) is 6.42 Å². The van der Waals surface area contributed by atoms with Crippen molar-refractivity contribution < 1.29 is 14.3 Å². The monoisotopic (exact) mass is 401 g/mol. The topological polar surface area (TPSA) is 83.4 Å². The van der Waals surface area contributed by atoms with E-state index >= 15 is 0 Å². The van der Waals surface area contributed by atoms with E-state index in [1.165, 1.54) is 6.20 Å². The van der Waals surface area contributed by atoms with Crippen LogP contribution in [0.25, 0.3) is 10.8 Å². The molecular formula is C24H23N3O3. The molecule has 0 bridgehead atoms. The molecule has 3 aromatic rings. The van der Waals surface area contributed by atoms with Crippen molar-refractivity contribution in [1.29, 1.82) is 5.26 Å². The zero-order valence-electron chi connectivity index (χ0n) is 16.9. The Balaban J connectivity index is 1.61. The Morgan fingerprint density at radius 1 is 1.03 bits per heavy atom. The summed E-state index contributed by atoms with van der Waals surface area (Å²) in [5.74, 6) is 0.864. The van der Waals surface area contributed by atoms with E-state index in [1.807, 2.05) is 66.7 Å². The largest absolute Gasteiger partial charge is 0.493 e. The molecule has 0 unspecified atom stereocenters. The van der Waals surface area contributed by atoms with Crippen molar-refractivity contribution in [2.24, 2.45) is 0 Å². The van der Waals surface area contributed by atoms with E-state index in [4.69, 9.17) is 9.47 Å². The lowest BCUT2D eigenvalue weighted by Crippen LogP contribution is -2.27. The first-order chi connectivity index (χ1) is 14.7. The highest BCUT2D eigenvalue weighted by atomic mass is 16.5. The lowest BCUT2D eigenvalue weighted by Gasteiger charge is -2.10. The Morgan fingerprint density at radius 2 is 1.80 bits per heavy atom. The maximum atomic E-state index is 12.4. The van der Waals surface area contributed by atoms with Gasteiger partial charge in [0.2, 0.25) is 0 Å². The molecule has 0 aliphatic carbocycles. The standard InChI is InChI=1S/C24H23N3O3/c1-29-22-11-10-17(14-23(22)30-2)12-13-26-24(28)19(15-25)16-27-21-9-5-7-18-6-3-4-8-20(18)21/h3-11,14,16,27H,12-13H2,1-2H3,(H,26,28)/b19-16-. The Morgan fingerprint density at radius 3 is 2.57 bits per heavy atom. The number of fused-ring (bicyclic) bond motifs is 1. The third-order valence-corrected chi connectivity index (χ3v) is 4.67. The summed E-state index contributed by atoms with van der Waals surface area (Å²) in [6, 6.07) is 21.3. The van der Waals surface area contributed by atoms with Gasteiger partial charge in [-0.2, -0.15) is 5.26 Å². The van der Waals surface area contributed by atoms with Crippen molar-refractivity contribution in [3.05, 3.63) is 78.0 Å². The van der Waals surface area contributed by atoms with Crippen molar-refractivity contribution in [3.63, 3.8) is 0 Å². The molecule has 0 radical (unpaired) electrons. The molecular weight excluding hydrogens is 378 g/mol. The number of nitrogens with one attached hydrogen (secondary N) is 2. The highest BCUT2D eigenvalue weighted by molar-refractivity contribution is 5.98. The van der Waals surface area contributed by atoms with E-state index < -0.39 is 5.91 Å². The van der Waals surface area contributed by atoms with Gasteiger partial charge in [-0.1, -0.05) is 42.5 Å². The first kappa shape index (κ1) is 20.7. The first-order valence-corrected chi connectivity index (χ1v) is 9.50. The fourth-order valence-corrected chi connectivity index (χ4v) is 3.10. The second kappa shape index (κ2) is 9.99. The Kier molecular flexibility index (Phi) is 6.91. The molecule has 1 amide bonds. The number of ether oxygens (including phenoxy) is 2. The first-order valence-electron chi connectivity index (χ1n) is 9.50. The van der Waals surface area contributed by atoms with Gasteiger partial charge in [0, 0.05) is 23.8 Å². The van der Waals surface area contributed by atoms with Crippen LogP contribution in [0.1, 0.15) is 5.56 Å². The molecule has 0 aliphatic heterocycles. The summed E-state index contributed by atoms with van der Waals surface area (Å²) in [4.78, 5) is 12.4. The van der Waals surface area contributed by atoms with Crippen LogP contribution in [0.2, 0.25) is 0 Å². The van der Waals surface area contributed by atoms with Crippen LogP contribution in [0.5, 0.6) is 11.5 Å². The van der Waals surface area contributed by atoms with Gasteiger partial charge in [-0.3, -0.25) is 4.79 Å². The smallest absolute Gasteiger partial charge is 0.263 e. The normalized spacial score (nSPS) is 10.9. The van der Waals surface area contributed by atoms with Gasteiger partial charge in [0.25, 0.3) is 5.91 Å². The Bertz CT molecular complexity index is 1110. The van der Waals surface area contributed by atoms with Crippen molar-refractivity contribution in [2.75, 3.05) is 26.1 Å². The molecule has 0 saturated carbocycles. The fourth-order valence-electron chi connectivity index (χ4n) is 3.10. The zero-order valence-corrected chi connectivity index (χ0v) is 16.9. The quantitative estimate of drug-likeness (QED) is 0.440. The van der Waals surface area contributed by atoms with E-state index in [1.54, 1.807) is 14.2 Å². The van der Waals surface area contributed by atoms with Gasteiger partial charge in [-0.15, -0.1) is 0 Å². The molecule has 3 rings (SSSR count). The number of rotatable bonds is 8. The van der Waals surface area contributed by atoms with Crippen LogP contribution in [-0.2, 0) is 11.2 Å². The maximum absolute atomic E-state index is 12.4. The van der Waals surface area contributed by atoms with Gasteiger partial charge >= 0.3 is 0 Å². The number of nitrogens with zero attached hydrogens (tertiary/aromatic N) is 1. The average molecular weight is 401 g/mol. The molecule has 0 heterocycles. The molecule has 152 valence electrons. The van der Waals surface area contributed by atoms with Gasteiger partial charge in [-0.05, 0) is 35.6 Å². The molecule has 30 heavy (non-hydrogen) atoms. The van der Waals surface area contributed by atoms with E-state index in [2.05, 4.69) is 10.6 Å². The molecule has 0 aromatic heterocycles. The molecule has 0 aliphatic rings. The minimum atomic E-state index is -0.425. The van der Waals surface area contributed by atoms with Crippen LogP contribution < -0.4 is 20.1 Å². The number of carbonyl (C=O) groups excluding carboxylic acids is 1. The van der Waals surface area contributed by atoms with Crippen LogP contribution >= 0.6 is 0 Å². The van der Waals surface area contributed by atoms with Gasteiger partial charge in [0.05, 0.1) is 14.2 Å². The van der Waals surface area contributed by atoms with Gasteiger partial charge in [-0.25, -0.2) is 0 Å². The minimum Gasteiger partial charge on any atom is -0.493 e. The molecule has 6 heteroatoms. The van der Waals surface area contributed by atoms with E-state index in [9.17, 15) is 10.1 Å². The Labute approximate surface area is 175 Å². The van der Waals surface area contributed by atoms with Gasteiger partial charge in [0.15, 0.2) is 11.5 Å². The highest BCUT2D eigenvalue weighted by Crippen LogP contribution is 2.27. The molecule has 0 fully saturated rings. The number of anilines is 1. The van der Waals surface area contributed by atoms with Crippen molar-refractivity contribution >= 4 is 22.4 Å². The summed E-state index contributed by atoms with van der Waals surface area (Å²) >= 11 is 0. The van der Waals surface area contributed by atoms with Crippen molar-refractivity contribution in [1.82, 2.24) is 5.32 Å². The third-order valence-electron chi connectivity index (χ3n) is 4.67. The second-order valence-corrected chi connectivity index (χ2v) is 6.54. The van der Waals surface area contributed by atoms with Crippen LogP contribution in [0.15, 0.2) is 72.4 Å². The number of carbonyl (C=O) groups is 1. The molecule has 0 atom stereocenters. The number of nitriles is 1. The average Bonchev–Trinajstić information content (AvgIpc) is 2.79. The molecule has 0 spiro atoms. The van der Waals surface area contributed by atoms with Gasteiger partial charge in [0.1, 0.15) is 11.6 Å². The fraction of sp³-hybridized carbons (Fsp3) is 0.167. The summed E-state index contributed by atoms with van der Waals surface area (Å²) < 4.78 is 10.5. The minimum absolute atomic E-state index is 0.00949. The zero-order chi connectivity index (χ0) is 21.3. The molecule has 6 nitrogen and oxygen atoms in total. The number of amides is 1. The van der Waals surface area contributed by atoms with Crippen LogP contribution in [0.3, 0.4) is 0 Å². The Hall–Kier alpha value is -3.98. The predicted molar refractivity (Wildman–Crippen MR) is 118 cm³/mol. The van der Waals surface area contributed by atoms with Gasteiger partial charge < -0.3 is 20.1 Å². The van der Waals surface area contributed by atoms with E-state index in [0.29, 0.717) is 24.5 Å². The van der Waals surface area contributed by atoms with Crippen LogP contribution in [-0.4, -0.2) is 26.7 Å². The molecule has 0 saturated heterocycles. The number of methoxy groups -OCH3 is 2. The van der Waals surface area contributed by atoms with E-state index in [0.717, 1.165) is 22.0 Å².